The molecular formula is C13H20F2N2. The van der Waals surface area contributed by atoms with E-state index in [1.165, 1.54) is 12.1 Å². The number of rotatable bonds is 6. The van der Waals surface area contributed by atoms with Crippen molar-refractivity contribution in [3.8, 4) is 0 Å². The lowest BCUT2D eigenvalue weighted by Gasteiger charge is -2.24. The van der Waals surface area contributed by atoms with E-state index in [0.717, 1.165) is 12.8 Å². The molecule has 1 aromatic carbocycles. The van der Waals surface area contributed by atoms with Crippen LogP contribution in [0.5, 0.6) is 0 Å². The van der Waals surface area contributed by atoms with E-state index in [-0.39, 0.29) is 12.2 Å². The monoisotopic (exact) mass is 242 g/mol. The van der Waals surface area contributed by atoms with E-state index < -0.39 is 11.6 Å². The molecule has 0 aliphatic carbocycles. The van der Waals surface area contributed by atoms with Gasteiger partial charge in [0.25, 0.3) is 0 Å². The van der Waals surface area contributed by atoms with E-state index in [2.05, 4.69) is 6.92 Å². The van der Waals surface area contributed by atoms with Gasteiger partial charge in [-0.05, 0) is 31.0 Å². The van der Waals surface area contributed by atoms with Gasteiger partial charge in [0.2, 0.25) is 0 Å². The predicted molar refractivity (Wildman–Crippen MR) is 67.0 cm³/mol. The molecule has 0 amide bonds. The Hall–Kier alpha value is -1.16. The molecule has 4 heteroatoms. The molecule has 1 aromatic rings. The van der Waals surface area contributed by atoms with Gasteiger partial charge >= 0.3 is 0 Å². The molecule has 1 rings (SSSR count). The number of hydrogen-bond donors (Lipinski definition) is 1. The third-order valence-electron chi connectivity index (χ3n) is 2.79. The quantitative estimate of drug-likeness (QED) is 0.830. The van der Waals surface area contributed by atoms with Crippen LogP contribution < -0.4 is 10.6 Å². The molecule has 0 saturated carbocycles. The SMILES string of the molecule is CCCCN(CC)c1c(F)cc(CN)cc1F. The predicted octanol–water partition coefficient (Wildman–Crippen LogP) is 3.05. The van der Waals surface area contributed by atoms with E-state index in [0.29, 0.717) is 18.7 Å². The van der Waals surface area contributed by atoms with Crippen LogP contribution in [0.4, 0.5) is 14.5 Å². The molecule has 0 aromatic heterocycles. The van der Waals surface area contributed by atoms with Crippen LogP contribution in [-0.4, -0.2) is 13.1 Å². The van der Waals surface area contributed by atoms with Crippen molar-refractivity contribution in [2.24, 2.45) is 5.73 Å². The molecule has 0 unspecified atom stereocenters. The molecule has 0 heterocycles. The van der Waals surface area contributed by atoms with Gasteiger partial charge in [0.1, 0.15) is 17.3 Å². The zero-order valence-electron chi connectivity index (χ0n) is 10.5. The van der Waals surface area contributed by atoms with Gasteiger partial charge in [0.05, 0.1) is 0 Å². The Morgan fingerprint density at radius 3 is 2.18 bits per heavy atom. The van der Waals surface area contributed by atoms with Gasteiger partial charge in [0.15, 0.2) is 0 Å². The van der Waals surface area contributed by atoms with Crippen LogP contribution in [0.1, 0.15) is 32.3 Å². The summed E-state index contributed by atoms with van der Waals surface area (Å²) in [7, 11) is 0. The lowest BCUT2D eigenvalue weighted by Crippen LogP contribution is -2.26. The van der Waals surface area contributed by atoms with Crippen LogP contribution in [0.15, 0.2) is 12.1 Å². The molecule has 0 radical (unpaired) electrons. The molecule has 2 N–H and O–H groups in total. The smallest absolute Gasteiger partial charge is 0.149 e. The summed E-state index contributed by atoms with van der Waals surface area (Å²) in [5.41, 5.74) is 5.93. The minimum Gasteiger partial charge on any atom is -0.367 e. The summed E-state index contributed by atoms with van der Waals surface area (Å²) in [6.45, 7) is 5.36. The molecule has 96 valence electrons. The number of nitrogens with zero attached hydrogens (tertiary/aromatic N) is 1. The summed E-state index contributed by atoms with van der Waals surface area (Å²) in [5.74, 6) is -1.05. The highest BCUT2D eigenvalue weighted by molar-refractivity contribution is 5.50. The maximum Gasteiger partial charge on any atom is 0.149 e. The highest BCUT2D eigenvalue weighted by Gasteiger charge is 2.16. The van der Waals surface area contributed by atoms with Crippen molar-refractivity contribution in [1.29, 1.82) is 0 Å². The van der Waals surface area contributed by atoms with Crippen LogP contribution in [0.2, 0.25) is 0 Å². The first-order valence-electron chi connectivity index (χ1n) is 6.06. The van der Waals surface area contributed by atoms with Crippen molar-refractivity contribution < 1.29 is 8.78 Å². The highest BCUT2D eigenvalue weighted by atomic mass is 19.1. The normalized spacial score (nSPS) is 10.6. The molecule has 0 aliphatic rings. The van der Waals surface area contributed by atoms with Gasteiger partial charge in [-0.15, -0.1) is 0 Å². The first-order chi connectivity index (χ1) is 8.13. The fourth-order valence-electron chi connectivity index (χ4n) is 1.81. The summed E-state index contributed by atoms with van der Waals surface area (Å²) in [5, 5.41) is 0. The molecule has 0 spiro atoms. The van der Waals surface area contributed by atoms with E-state index in [1.807, 2.05) is 6.92 Å². The number of nitrogens with two attached hydrogens (primary N) is 1. The van der Waals surface area contributed by atoms with Gasteiger partial charge in [0, 0.05) is 19.6 Å². The molecule has 17 heavy (non-hydrogen) atoms. The Morgan fingerprint density at radius 2 is 1.76 bits per heavy atom. The van der Waals surface area contributed by atoms with Gasteiger partial charge < -0.3 is 10.6 Å². The van der Waals surface area contributed by atoms with Crippen molar-refractivity contribution in [3.05, 3.63) is 29.3 Å². The molecule has 0 atom stereocenters. The maximum atomic E-state index is 13.8. The third kappa shape index (κ3) is 3.40. The van der Waals surface area contributed by atoms with E-state index in [9.17, 15) is 8.78 Å². The first-order valence-corrected chi connectivity index (χ1v) is 6.06. The van der Waals surface area contributed by atoms with Crippen LogP contribution >= 0.6 is 0 Å². The van der Waals surface area contributed by atoms with E-state index in [1.54, 1.807) is 4.90 Å². The largest absolute Gasteiger partial charge is 0.367 e. The highest BCUT2D eigenvalue weighted by Crippen LogP contribution is 2.25. The second kappa shape index (κ2) is 6.55. The van der Waals surface area contributed by atoms with Crippen LogP contribution in [0.25, 0.3) is 0 Å². The Morgan fingerprint density at radius 1 is 1.18 bits per heavy atom. The third-order valence-corrected chi connectivity index (χ3v) is 2.79. The summed E-state index contributed by atoms with van der Waals surface area (Å²) in [4.78, 5) is 1.73. The molecule has 0 saturated heterocycles. The van der Waals surface area contributed by atoms with Crippen LogP contribution in [-0.2, 0) is 6.54 Å². The van der Waals surface area contributed by atoms with Crippen molar-refractivity contribution in [3.63, 3.8) is 0 Å². The Bertz CT molecular complexity index is 343. The first kappa shape index (κ1) is 13.9. The summed E-state index contributed by atoms with van der Waals surface area (Å²) in [6.07, 6.45) is 1.92. The topological polar surface area (TPSA) is 29.3 Å². The van der Waals surface area contributed by atoms with E-state index in [4.69, 9.17) is 5.73 Å². The van der Waals surface area contributed by atoms with Gasteiger partial charge in [-0.3, -0.25) is 0 Å². The Labute approximate surface area is 101 Å². The average Bonchev–Trinajstić information content (AvgIpc) is 2.32. The van der Waals surface area contributed by atoms with Crippen molar-refractivity contribution in [2.75, 3.05) is 18.0 Å². The van der Waals surface area contributed by atoms with Crippen LogP contribution in [0.3, 0.4) is 0 Å². The molecule has 0 fully saturated rings. The zero-order valence-corrected chi connectivity index (χ0v) is 10.5. The fraction of sp³-hybridized carbons (Fsp3) is 0.538. The standard InChI is InChI=1S/C13H20F2N2/c1-3-5-6-17(4-2)13-11(14)7-10(9-16)8-12(13)15/h7-8H,3-6,9,16H2,1-2H3. The lowest BCUT2D eigenvalue weighted by molar-refractivity contribution is 0.565. The number of benzene rings is 1. The fourth-order valence-corrected chi connectivity index (χ4v) is 1.81. The minimum absolute atomic E-state index is 0.0677. The number of anilines is 1. The molecule has 0 bridgehead atoms. The molecule has 0 aliphatic heterocycles. The van der Waals surface area contributed by atoms with Crippen molar-refractivity contribution >= 4 is 5.69 Å². The Kier molecular flexibility index (Phi) is 5.35. The number of hydrogen-bond acceptors (Lipinski definition) is 2. The summed E-state index contributed by atoms with van der Waals surface area (Å²) < 4.78 is 27.7. The van der Waals surface area contributed by atoms with Gasteiger partial charge in [-0.25, -0.2) is 8.78 Å². The van der Waals surface area contributed by atoms with Gasteiger partial charge in [-0.1, -0.05) is 13.3 Å². The number of unbranched alkanes of at least 4 members (excludes halogenated alkanes) is 1. The second-order valence-electron chi connectivity index (χ2n) is 4.05. The number of halogens is 2. The maximum absolute atomic E-state index is 13.8. The van der Waals surface area contributed by atoms with Crippen LogP contribution in [0, 0.1) is 11.6 Å². The second-order valence-corrected chi connectivity index (χ2v) is 4.05. The zero-order chi connectivity index (χ0) is 12.8. The van der Waals surface area contributed by atoms with Crippen molar-refractivity contribution in [1.82, 2.24) is 0 Å². The average molecular weight is 242 g/mol. The molecular weight excluding hydrogens is 222 g/mol. The van der Waals surface area contributed by atoms with Gasteiger partial charge in [-0.2, -0.15) is 0 Å². The summed E-state index contributed by atoms with van der Waals surface area (Å²) in [6, 6.07) is 2.63. The minimum atomic E-state index is -0.525. The molecule has 2 nitrogen and oxygen atoms in total. The van der Waals surface area contributed by atoms with Crippen molar-refractivity contribution in [2.45, 2.75) is 33.2 Å². The Balaban J connectivity index is 3.02. The van der Waals surface area contributed by atoms with E-state index >= 15 is 0 Å². The lowest BCUT2D eigenvalue weighted by atomic mass is 10.1. The summed E-state index contributed by atoms with van der Waals surface area (Å²) >= 11 is 0.